The van der Waals surface area contributed by atoms with Crippen LogP contribution in [0.15, 0.2) is 22.7 Å². The number of amides is 1. The van der Waals surface area contributed by atoms with Crippen LogP contribution in [0.5, 0.6) is 0 Å². The molecule has 1 aliphatic heterocycles. The van der Waals surface area contributed by atoms with Crippen molar-refractivity contribution in [3.05, 3.63) is 33.8 Å². The summed E-state index contributed by atoms with van der Waals surface area (Å²) in [5, 5.41) is 0. The Labute approximate surface area is 136 Å². The van der Waals surface area contributed by atoms with Crippen LogP contribution >= 0.6 is 15.9 Å². The van der Waals surface area contributed by atoms with Gasteiger partial charge in [0.05, 0.1) is 0 Å². The van der Waals surface area contributed by atoms with Crippen LogP contribution in [0.25, 0.3) is 0 Å². The van der Waals surface area contributed by atoms with Gasteiger partial charge in [-0.2, -0.15) is 0 Å². The van der Waals surface area contributed by atoms with Gasteiger partial charge < -0.3 is 9.80 Å². The summed E-state index contributed by atoms with van der Waals surface area (Å²) in [5.41, 5.74) is 1.83. The van der Waals surface area contributed by atoms with E-state index in [4.69, 9.17) is 0 Å². The highest BCUT2D eigenvalue weighted by Gasteiger charge is 2.26. The summed E-state index contributed by atoms with van der Waals surface area (Å²) in [4.78, 5) is 17.2. The molecule has 0 unspecified atom stereocenters. The molecular weight excluding hydrogens is 328 g/mol. The first kappa shape index (κ1) is 16.5. The molecule has 1 aliphatic rings. The van der Waals surface area contributed by atoms with E-state index in [0.717, 1.165) is 41.5 Å². The van der Waals surface area contributed by atoms with Gasteiger partial charge in [-0.1, -0.05) is 28.9 Å². The van der Waals surface area contributed by atoms with Crippen LogP contribution in [0.4, 0.5) is 0 Å². The number of piperidine rings is 1. The minimum Gasteiger partial charge on any atom is -0.339 e. The van der Waals surface area contributed by atoms with Crippen molar-refractivity contribution in [1.82, 2.24) is 9.80 Å². The molecular formula is C17H25BrN2O. The number of likely N-dealkylation sites (tertiary alicyclic amines) is 1. The zero-order valence-corrected chi connectivity index (χ0v) is 14.8. The molecule has 0 N–H and O–H groups in total. The lowest BCUT2D eigenvalue weighted by atomic mass is 10.0. The van der Waals surface area contributed by atoms with Crippen LogP contribution in [0.2, 0.25) is 0 Å². The van der Waals surface area contributed by atoms with Gasteiger partial charge in [0.2, 0.25) is 0 Å². The molecule has 0 bridgehead atoms. The SMILES string of the molecule is CCCN1CCC(N(C)C(=O)c2cccc(Br)c2C)CC1. The zero-order valence-electron chi connectivity index (χ0n) is 13.2. The molecule has 0 aliphatic carbocycles. The van der Waals surface area contributed by atoms with Crippen LogP contribution in [0, 0.1) is 6.92 Å². The van der Waals surface area contributed by atoms with Crippen molar-refractivity contribution in [3.63, 3.8) is 0 Å². The van der Waals surface area contributed by atoms with E-state index in [0.29, 0.717) is 6.04 Å². The summed E-state index contributed by atoms with van der Waals surface area (Å²) < 4.78 is 1.000. The molecule has 0 spiro atoms. The van der Waals surface area contributed by atoms with Crippen LogP contribution < -0.4 is 0 Å². The van der Waals surface area contributed by atoms with Gasteiger partial charge in [0.15, 0.2) is 0 Å². The summed E-state index contributed by atoms with van der Waals surface area (Å²) >= 11 is 3.51. The van der Waals surface area contributed by atoms with Crippen LogP contribution in [-0.4, -0.2) is 48.4 Å². The van der Waals surface area contributed by atoms with Crippen LogP contribution in [0.3, 0.4) is 0 Å². The molecule has 1 saturated heterocycles. The number of rotatable bonds is 4. The molecule has 4 heteroatoms. The highest BCUT2D eigenvalue weighted by Crippen LogP contribution is 2.23. The van der Waals surface area contributed by atoms with Gasteiger partial charge in [0.1, 0.15) is 0 Å². The Morgan fingerprint density at radius 3 is 2.67 bits per heavy atom. The molecule has 3 nitrogen and oxygen atoms in total. The average molecular weight is 353 g/mol. The third kappa shape index (κ3) is 3.86. The number of hydrogen-bond acceptors (Lipinski definition) is 2. The predicted molar refractivity (Wildman–Crippen MR) is 90.7 cm³/mol. The third-order valence-electron chi connectivity index (χ3n) is 4.46. The van der Waals surface area contributed by atoms with E-state index < -0.39 is 0 Å². The highest BCUT2D eigenvalue weighted by molar-refractivity contribution is 9.10. The second-order valence-corrected chi connectivity index (χ2v) is 6.76. The number of hydrogen-bond donors (Lipinski definition) is 0. The van der Waals surface area contributed by atoms with Crippen molar-refractivity contribution in [2.24, 2.45) is 0 Å². The summed E-state index contributed by atoms with van der Waals surface area (Å²) in [6.45, 7) is 7.60. The fourth-order valence-electron chi connectivity index (χ4n) is 3.04. The maximum absolute atomic E-state index is 12.7. The van der Waals surface area contributed by atoms with E-state index >= 15 is 0 Å². The fraction of sp³-hybridized carbons (Fsp3) is 0.588. The topological polar surface area (TPSA) is 23.6 Å². The van der Waals surface area contributed by atoms with Crippen molar-refractivity contribution in [2.75, 3.05) is 26.7 Å². The molecule has 0 atom stereocenters. The smallest absolute Gasteiger partial charge is 0.254 e. The largest absolute Gasteiger partial charge is 0.339 e. The predicted octanol–water partition coefficient (Wildman–Crippen LogP) is 3.70. The average Bonchev–Trinajstić information content (AvgIpc) is 2.50. The Kier molecular flexibility index (Phi) is 5.82. The summed E-state index contributed by atoms with van der Waals surface area (Å²) in [6, 6.07) is 6.20. The van der Waals surface area contributed by atoms with Crippen molar-refractivity contribution in [1.29, 1.82) is 0 Å². The fourth-order valence-corrected chi connectivity index (χ4v) is 3.41. The molecule has 2 rings (SSSR count). The van der Waals surface area contributed by atoms with E-state index in [1.807, 2.05) is 37.1 Å². The van der Waals surface area contributed by atoms with E-state index in [1.165, 1.54) is 13.0 Å². The lowest BCUT2D eigenvalue weighted by molar-refractivity contribution is 0.0642. The number of nitrogens with zero attached hydrogens (tertiary/aromatic N) is 2. The molecule has 0 saturated carbocycles. The Hall–Kier alpha value is -0.870. The zero-order chi connectivity index (χ0) is 15.4. The first-order valence-corrected chi connectivity index (χ1v) is 8.58. The Morgan fingerprint density at radius 1 is 1.38 bits per heavy atom. The standard InChI is InChI=1S/C17H25BrN2O/c1-4-10-20-11-8-14(9-12-20)19(3)17(21)15-6-5-7-16(18)13(15)2/h5-7,14H,4,8-12H2,1-3H3. The normalized spacial score (nSPS) is 17.0. The lowest BCUT2D eigenvalue weighted by Crippen LogP contribution is -2.45. The summed E-state index contributed by atoms with van der Waals surface area (Å²) in [7, 11) is 1.95. The van der Waals surface area contributed by atoms with Crippen molar-refractivity contribution >= 4 is 21.8 Å². The molecule has 1 heterocycles. The molecule has 0 aromatic heterocycles. The summed E-state index contributed by atoms with van der Waals surface area (Å²) in [5.74, 6) is 0.141. The number of carbonyl (C=O) groups excluding carboxylic acids is 1. The van der Waals surface area contributed by atoms with Crippen LogP contribution in [0.1, 0.15) is 42.1 Å². The maximum Gasteiger partial charge on any atom is 0.254 e. The maximum atomic E-state index is 12.7. The monoisotopic (exact) mass is 352 g/mol. The van der Waals surface area contributed by atoms with Crippen molar-refractivity contribution in [3.8, 4) is 0 Å². The Morgan fingerprint density at radius 2 is 2.05 bits per heavy atom. The van der Waals surface area contributed by atoms with E-state index in [-0.39, 0.29) is 5.91 Å². The van der Waals surface area contributed by atoms with E-state index in [9.17, 15) is 4.79 Å². The minimum absolute atomic E-state index is 0.141. The first-order chi connectivity index (χ1) is 10.0. The third-order valence-corrected chi connectivity index (χ3v) is 5.32. The molecule has 1 aromatic carbocycles. The summed E-state index contributed by atoms with van der Waals surface area (Å²) in [6.07, 6.45) is 3.36. The number of carbonyl (C=O) groups is 1. The van der Waals surface area contributed by atoms with Crippen molar-refractivity contribution < 1.29 is 4.79 Å². The molecule has 116 valence electrons. The van der Waals surface area contributed by atoms with Crippen molar-refractivity contribution in [2.45, 2.75) is 39.2 Å². The lowest BCUT2D eigenvalue weighted by Gasteiger charge is -2.36. The molecule has 1 amide bonds. The molecule has 1 aromatic rings. The molecule has 1 fully saturated rings. The van der Waals surface area contributed by atoms with Gasteiger partial charge >= 0.3 is 0 Å². The number of benzene rings is 1. The molecule has 21 heavy (non-hydrogen) atoms. The van der Waals surface area contributed by atoms with Gasteiger partial charge in [-0.05, 0) is 50.4 Å². The molecule has 0 radical (unpaired) electrons. The quantitative estimate of drug-likeness (QED) is 0.824. The highest BCUT2D eigenvalue weighted by atomic mass is 79.9. The van der Waals surface area contributed by atoms with E-state index in [1.54, 1.807) is 0 Å². The second kappa shape index (κ2) is 7.41. The minimum atomic E-state index is 0.141. The Bertz CT molecular complexity index is 496. The first-order valence-electron chi connectivity index (χ1n) is 7.79. The van der Waals surface area contributed by atoms with Crippen LogP contribution in [-0.2, 0) is 0 Å². The van der Waals surface area contributed by atoms with E-state index in [2.05, 4.69) is 27.8 Å². The van der Waals surface area contributed by atoms with Gasteiger partial charge in [-0.25, -0.2) is 0 Å². The van der Waals surface area contributed by atoms with Gasteiger partial charge in [0.25, 0.3) is 5.91 Å². The van der Waals surface area contributed by atoms with Gasteiger partial charge in [-0.3, -0.25) is 4.79 Å². The Balaban J connectivity index is 2.02. The van der Waals surface area contributed by atoms with Gasteiger partial charge in [0, 0.05) is 36.2 Å². The number of halogens is 1. The van der Waals surface area contributed by atoms with Gasteiger partial charge in [-0.15, -0.1) is 0 Å². The second-order valence-electron chi connectivity index (χ2n) is 5.90.